The Bertz CT molecular complexity index is 898. The average Bonchev–Trinajstić information content (AvgIpc) is 3.40. The standard InChI is InChI=1S/C20H20ClN3O3/c21-16-8-7-13(10-15(16)19(26)22-12-5-6-12)23-20(27)24-18-14-4-2-1-3-11(14)9-17(18)25/h1-4,7-8,10,12,17-18,25H,5-6,9H2,(H,22,26)(H2,23,24,27)/t17-,18+/m0/s1. The van der Waals surface area contributed by atoms with Crippen LogP contribution in [0.25, 0.3) is 0 Å². The Labute approximate surface area is 161 Å². The van der Waals surface area contributed by atoms with Crippen molar-refractivity contribution in [1.29, 1.82) is 0 Å². The van der Waals surface area contributed by atoms with Crippen LogP contribution in [0.3, 0.4) is 0 Å². The molecule has 2 aromatic carbocycles. The summed E-state index contributed by atoms with van der Waals surface area (Å²) in [6, 6.07) is 11.7. The predicted molar refractivity (Wildman–Crippen MR) is 103 cm³/mol. The normalized spacial score (nSPS) is 20.7. The Balaban J connectivity index is 1.44. The van der Waals surface area contributed by atoms with Crippen LogP contribution in [0, 0.1) is 0 Å². The van der Waals surface area contributed by atoms with Gasteiger partial charge < -0.3 is 21.1 Å². The summed E-state index contributed by atoms with van der Waals surface area (Å²) in [6.45, 7) is 0. The molecule has 0 bridgehead atoms. The van der Waals surface area contributed by atoms with Crippen LogP contribution in [0.5, 0.6) is 0 Å². The molecule has 2 atom stereocenters. The number of urea groups is 1. The largest absolute Gasteiger partial charge is 0.390 e. The number of aliphatic hydroxyl groups excluding tert-OH is 1. The molecule has 7 heteroatoms. The number of fused-ring (bicyclic) bond motifs is 1. The second kappa shape index (κ2) is 7.21. The second-order valence-corrected chi connectivity index (χ2v) is 7.40. The molecule has 0 spiro atoms. The molecule has 4 N–H and O–H groups in total. The van der Waals surface area contributed by atoms with Gasteiger partial charge in [-0.15, -0.1) is 0 Å². The van der Waals surface area contributed by atoms with Gasteiger partial charge in [0.1, 0.15) is 0 Å². The summed E-state index contributed by atoms with van der Waals surface area (Å²) in [7, 11) is 0. The highest BCUT2D eigenvalue weighted by molar-refractivity contribution is 6.34. The van der Waals surface area contributed by atoms with Crippen LogP contribution in [0.15, 0.2) is 42.5 Å². The van der Waals surface area contributed by atoms with E-state index in [9.17, 15) is 14.7 Å². The lowest BCUT2D eigenvalue weighted by Gasteiger charge is -2.18. The molecule has 27 heavy (non-hydrogen) atoms. The van der Waals surface area contributed by atoms with Crippen LogP contribution in [0.1, 0.15) is 40.4 Å². The lowest BCUT2D eigenvalue weighted by Crippen LogP contribution is -2.36. The zero-order chi connectivity index (χ0) is 19.0. The number of halogens is 1. The Morgan fingerprint density at radius 2 is 1.85 bits per heavy atom. The highest BCUT2D eigenvalue weighted by Gasteiger charge is 2.32. The van der Waals surface area contributed by atoms with Gasteiger partial charge in [0.15, 0.2) is 0 Å². The number of carbonyl (C=O) groups excluding carboxylic acids is 2. The monoisotopic (exact) mass is 385 g/mol. The van der Waals surface area contributed by atoms with Crippen molar-refractivity contribution in [2.75, 3.05) is 5.32 Å². The fourth-order valence-electron chi connectivity index (χ4n) is 3.32. The van der Waals surface area contributed by atoms with Crippen LogP contribution in [-0.4, -0.2) is 29.2 Å². The third-order valence-corrected chi connectivity index (χ3v) is 5.20. The highest BCUT2D eigenvalue weighted by atomic mass is 35.5. The molecule has 3 amide bonds. The smallest absolute Gasteiger partial charge is 0.319 e. The van der Waals surface area contributed by atoms with Crippen LogP contribution < -0.4 is 16.0 Å². The van der Waals surface area contributed by atoms with E-state index in [2.05, 4.69) is 16.0 Å². The SMILES string of the molecule is O=C(Nc1ccc(Cl)c(C(=O)NC2CC2)c1)N[C@@H]1c2ccccc2C[C@@H]1O. The summed E-state index contributed by atoms with van der Waals surface area (Å²) < 4.78 is 0. The van der Waals surface area contributed by atoms with Gasteiger partial charge in [-0.1, -0.05) is 35.9 Å². The first-order chi connectivity index (χ1) is 13.0. The van der Waals surface area contributed by atoms with E-state index in [1.54, 1.807) is 18.2 Å². The van der Waals surface area contributed by atoms with Gasteiger partial charge in [-0.3, -0.25) is 4.79 Å². The van der Waals surface area contributed by atoms with Crippen molar-refractivity contribution >= 4 is 29.2 Å². The molecule has 0 aliphatic heterocycles. The first-order valence-electron chi connectivity index (χ1n) is 8.95. The van der Waals surface area contributed by atoms with Gasteiger partial charge in [0.25, 0.3) is 5.91 Å². The van der Waals surface area contributed by atoms with Gasteiger partial charge in [-0.2, -0.15) is 0 Å². The van der Waals surface area contributed by atoms with E-state index in [-0.39, 0.29) is 11.9 Å². The molecule has 1 saturated carbocycles. The first kappa shape index (κ1) is 17.8. The minimum atomic E-state index is -0.668. The van der Waals surface area contributed by atoms with Gasteiger partial charge in [0.05, 0.1) is 22.7 Å². The minimum absolute atomic E-state index is 0.220. The summed E-state index contributed by atoms with van der Waals surface area (Å²) in [6.07, 6.45) is 1.80. The Kier molecular flexibility index (Phi) is 4.76. The van der Waals surface area contributed by atoms with E-state index in [1.807, 2.05) is 24.3 Å². The highest BCUT2D eigenvalue weighted by Crippen LogP contribution is 2.31. The maximum Gasteiger partial charge on any atom is 0.319 e. The zero-order valence-corrected chi connectivity index (χ0v) is 15.3. The molecule has 2 aromatic rings. The number of hydrogen-bond donors (Lipinski definition) is 4. The second-order valence-electron chi connectivity index (χ2n) is 6.99. The van der Waals surface area contributed by atoms with Gasteiger partial charge >= 0.3 is 6.03 Å². The van der Waals surface area contributed by atoms with Crippen molar-refractivity contribution in [1.82, 2.24) is 10.6 Å². The molecule has 0 aromatic heterocycles. The molecule has 6 nitrogen and oxygen atoms in total. The number of hydrogen-bond acceptors (Lipinski definition) is 3. The van der Waals surface area contributed by atoms with E-state index in [4.69, 9.17) is 11.6 Å². The third kappa shape index (κ3) is 3.91. The lowest BCUT2D eigenvalue weighted by molar-refractivity contribution is 0.0951. The summed E-state index contributed by atoms with van der Waals surface area (Å²) in [5.74, 6) is -0.244. The van der Waals surface area contributed by atoms with Crippen molar-refractivity contribution in [2.45, 2.75) is 37.5 Å². The molecule has 0 radical (unpaired) electrons. The first-order valence-corrected chi connectivity index (χ1v) is 9.33. The van der Waals surface area contributed by atoms with Crippen molar-refractivity contribution < 1.29 is 14.7 Å². The van der Waals surface area contributed by atoms with E-state index < -0.39 is 18.2 Å². The summed E-state index contributed by atoms with van der Waals surface area (Å²) in [5.41, 5.74) is 2.73. The van der Waals surface area contributed by atoms with Crippen LogP contribution in [-0.2, 0) is 6.42 Å². The Morgan fingerprint density at radius 3 is 2.63 bits per heavy atom. The van der Waals surface area contributed by atoms with Crippen molar-refractivity contribution in [3.8, 4) is 0 Å². The third-order valence-electron chi connectivity index (χ3n) is 4.87. The van der Waals surface area contributed by atoms with E-state index in [0.717, 1.165) is 24.0 Å². The molecule has 0 heterocycles. The molecule has 140 valence electrons. The number of aliphatic hydroxyl groups is 1. The molecule has 2 aliphatic carbocycles. The molecule has 4 rings (SSSR count). The van der Waals surface area contributed by atoms with Gasteiger partial charge in [0.2, 0.25) is 0 Å². The van der Waals surface area contributed by atoms with Crippen LogP contribution in [0.4, 0.5) is 10.5 Å². The Hall–Kier alpha value is -2.57. The number of carbonyl (C=O) groups is 2. The number of nitrogens with one attached hydrogen (secondary N) is 3. The van der Waals surface area contributed by atoms with E-state index in [1.165, 1.54) is 0 Å². The fourth-order valence-corrected chi connectivity index (χ4v) is 3.53. The molecule has 1 fully saturated rings. The van der Waals surface area contributed by atoms with Crippen LogP contribution >= 0.6 is 11.6 Å². The lowest BCUT2D eigenvalue weighted by atomic mass is 10.1. The topological polar surface area (TPSA) is 90.5 Å². The summed E-state index contributed by atoms with van der Waals surface area (Å²) in [5, 5.41) is 19.0. The minimum Gasteiger partial charge on any atom is -0.390 e. The summed E-state index contributed by atoms with van der Waals surface area (Å²) in [4.78, 5) is 24.7. The Morgan fingerprint density at radius 1 is 1.07 bits per heavy atom. The number of benzene rings is 2. The molecule has 0 saturated heterocycles. The fraction of sp³-hybridized carbons (Fsp3) is 0.300. The van der Waals surface area contributed by atoms with E-state index in [0.29, 0.717) is 22.7 Å². The summed E-state index contributed by atoms with van der Waals surface area (Å²) >= 11 is 6.12. The van der Waals surface area contributed by atoms with Crippen molar-refractivity contribution in [3.63, 3.8) is 0 Å². The molecule has 2 aliphatic rings. The quantitative estimate of drug-likeness (QED) is 0.652. The van der Waals surface area contributed by atoms with Gasteiger partial charge in [0, 0.05) is 18.2 Å². The van der Waals surface area contributed by atoms with Crippen molar-refractivity contribution in [3.05, 3.63) is 64.2 Å². The van der Waals surface area contributed by atoms with Gasteiger partial charge in [-0.05, 0) is 42.2 Å². The maximum absolute atomic E-state index is 12.4. The number of amides is 3. The molecular weight excluding hydrogens is 366 g/mol. The van der Waals surface area contributed by atoms with E-state index >= 15 is 0 Å². The molecular formula is C20H20ClN3O3. The van der Waals surface area contributed by atoms with Crippen LogP contribution in [0.2, 0.25) is 5.02 Å². The molecule has 0 unspecified atom stereocenters. The number of rotatable bonds is 4. The number of anilines is 1. The average molecular weight is 386 g/mol. The zero-order valence-electron chi connectivity index (χ0n) is 14.5. The van der Waals surface area contributed by atoms with Crippen molar-refractivity contribution in [2.24, 2.45) is 0 Å². The van der Waals surface area contributed by atoms with Gasteiger partial charge in [-0.25, -0.2) is 4.79 Å². The predicted octanol–water partition coefficient (Wildman–Crippen LogP) is 3.01. The maximum atomic E-state index is 12.4.